The van der Waals surface area contributed by atoms with Crippen LogP contribution >= 0.6 is 12.2 Å². The summed E-state index contributed by atoms with van der Waals surface area (Å²) in [7, 11) is 0. The summed E-state index contributed by atoms with van der Waals surface area (Å²) < 4.78 is 0. The summed E-state index contributed by atoms with van der Waals surface area (Å²) in [4.78, 5) is 3.03. The van der Waals surface area contributed by atoms with Crippen LogP contribution < -0.4 is 5.73 Å². The molecule has 98 valence electrons. The van der Waals surface area contributed by atoms with E-state index in [0.29, 0.717) is 4.99 Å². The Morgan fingerprint density at radius 2 is 2.06 bits per heavy atom. The third kappa shape index (κ3) is 3.30. The predicted octanol–water partition coefficient (Wildman–Crippen LogP) is 2.86. The molecule has 1 aromatic rings. The van der Waals surface area contributed by atoms with Gasteiger partial charge in [0.1, 0.15) is 4.99 Å². The molecule has 1 aromatic carbocycles. The Labute approximate surface area is 115 Å². The van der Waals surface area contributed by atoms with Gasteiger partial charge in [0.05, 0.1) is 0 Å². The second-order valence-electron chi connectivity index (χ2n) is 5.46. The molecule has 0 saturated carbocycles. The number of nitrogens with two attached hydrogens (primary N) is 1. The second-order valence-corrected chi connectivity index (χ2v) is 5.90. The minimum absolute atomic E-state index is 0.483. The molecule has 1 heterocycles. The van der Waals surface area contributed by atoms with Gasteiger partial charge in [0.25, 0.3) is 0 Å². The molecule has 2 nitrogen and oxygen atoms in total. The summed E-state index contributed by atoms with van der Waals surface area (Å²) in [6, 6.07) is 6.31. The van der Waals surface area contributed by atoms with Crippen LogP contribution in [0.3, 0.4) is 0 Å². The van der Waals surface area contributed by atoms with Crippen molar-refractivity contribution >= 4 is 17.2 Å². The first-order valence-corrected chi connectivity index (χ1v) is 7.09. The molecule has 0 spiro atoms. The van der Waals surface area contributed by atoms with Crippen molar-refractivity contribution in [2.75, 3.05) is 13.1 Å². The third-order valence-electron chi connectivity index (χ3n) is 3.90. The fourth-order valence-electron chi connectivity index (χ4n) is 2.49. The molecule has 0 aromatic heterocycles. The number of nitrogens with zero attached hydrogens (tertiary/aromatic N) is 1. The van der Waals surface area contributed by atoms with Crippen LogP contribution in [0.5, 0.6) is 0 Å². The molecule has 2 rings (SSSR count). The zero-order chi connectivity index (χ0) is 13.1. The zero-order valence-corrected chi connectivity index (χ0v) is 12.1. The number of benzene rings is 1. The van der Waals surface area contributed by atoms with E-state index in [-0.39, 0.29) is 0 Å². The molecule has 2 N–H and O–H groups in total. The third-order valence-corrected chi connectivity index (χ3v) is 4.13. The number of likely N-dealkylation sites (tertiary alicyclic amines) is 1. The largest absolute Gasteiger partial charge is 0.389 e. The summed E-state index contributed by atoms with van der Waals surface area (Å²) in [5.41, 5.74) is 9.31. The van der Waals surface area contributed by atoms with Crippen LogP contribution in [0, 0.1) is 12.8 Å². The number of hydrogen-bond acceptors (Lipinski definition) is 2. The van der Waals surface area contributed by atoms with Gasteiger partial charge < -0.3 is 5.73 Å². The minimum Gasteiger partial charge on any atom is -0.389 e. The number of hydrogen-bond donors (Lipinski definition) is 1. The van der Waals surface area contributed by atoms with E-state index in [4.69, 9.17) is 18.0 Å². The van der Waals surface area contributed by atoms with Crippen molar-refractivity contribution in [3.63, 3.8) is 0 Å². The summed E-state index contributed by atoms with van der Waals surface area (Å²) in [6.45, 7) is 7.98. The van der Waals surface area contributed by atoms with Crippen molar-refractivity contribution in [3.8, 4) is 0 Å². The molecular formula is C15H22N2S. The molecule has 1 aliphatic rings. The molecule has 1 saturated heterocycles. The lowest BCUT2D eigenvalue weighted by Crippen LogP contribution is -2.32. The van der Waals surface area contributed by atoms with Crippen LogP contribution in [0.4, 0.5) is 0 Å². The van der Waals surface area contributed by atoms with Gasteiger partial charge in [-0.15, -0.1) is 0 Å². The molecule has 18 heavy (non-hydrogen) atoms. The van der Waals surface area contributed by atoms with Crippen LogP contribution in [0.15, 0.2) is 18.2 Å². The van der Waals surface area contributed by atoms with Crippen LogP contribution in [-0.4, -0.2) is 23.0 Å². The van der Waals surface area contributed by atoms with Crippen molar-refractivity contribution in [2.24, 2.45) is 11.7 Å². The predicted molar refractivity (Wildman–Crippen MR) is 80.7 cm³/mol. The van der Waals surface area contributed by atoms with Gasteiger partial charge in [-0.1, -0.05) is 31.3 Å². The Kier molecular flexibility index (Phi) is 4.36. The zero-order valence-electron chi connectivity index (χ0n) is 11.3. The topological polar surface area (TPSA) is 29.3 Å². The standard InChI is InChI=1S/C15H22N2S/c1-11-5-7-17(8-6-11)10-14-4-3-13(15(16)18)9-12(14)2/h3-4,9,11H,5-8,10H2,1-2H3,(H2,16,18). The first-order chi connectivity index (χ1) is 8.56. The molecule has 0 aliphatic carbocycles. The lowest BCUT2D eigenvalue weighted by molar-refractivity contribution is 0.185. The normalized spacial score (nSPS) is 17.9. The van der Waals surface area contributed by atoms with E-state index < -0.39 is 0 Å². The Balaban J connectivity index is 2.03. The van der Waals surface area contributed by atoms with E-state index in [1.165, 1.54) is 37.1 Å². The Morgan fingerprint density at radius 3 is 2.61 bits per heavy atom. The fourth-order valence-corrected chi connectivity index (χ4v) is 2.61. The highest BCUT2D eigenvalue weighted by Gasteiger charge is 2.16. The van der Waals surface area contributed by atoms with Crippen molar-refractivity contribution < 1.29 is 0 Å². The Morgan fingerprint density at radius 1 is 1.39 bits per heavy atom. The summed E-state index contributed by atoms with van der Waals surface area (Å²) in [6.07, 6.45) is 2.65. The highest BCUT2D eigenvalue weighted by molar-refractivity contribution is 7.80. The smallest absolute Gasteiger partial charge is 0.103 e. The lowest BCUT2D eigenvalue weighted by atomic mass is 9.98. The van der Waals surface area contributed by atoms with E-state index in [1.54, 1.807) is 0 Å². The highest BCUT2D eigenvalue weighted by Crippen LogP contribution is 2.20. The maximum Gasteiger partial charge on any atom is 0.103 e. The first kappa shape index (κ1) is 13.5. The summed E-state index contributed by atoms with van der Waals surface area (Å²) >= 11 is 5.01. The van der Waals surface area contributed by atoms with E-state index >= 15 is 0 Å². The molecule has 0 radical (unpaired) electrons. The van der Waals surface area contributed by atoms with E-state index in [0.717, 1.165) is 18.0 Å². The Hall–Kier alpha value is -0.930. The maximum atomic E-state index is 5.65. The van der Waals surface area contributed by atoms with Gasteiger partial charge in [-0.3, -0.25) is 4.90 Å². The monoisotopic (exact) mass is 262 g/mol. The summed E-state index contributed by atoms with van der Waals surface area (Å²) in [5.74, 6) is 0.888. The van der Waals surface area contributed by atoms with Gasteiger partial charge >= 0.3 is 0 Å². The first-order valence-electron chi connectivity index (χ1n) is 6.68. The van der Waals surface area contributed by atoms with E-state index in [9.17, 15) is 0 Å². The number of thiocarbonyl (C=S) groups is 1. The van der Waals surface area contributed by atoms with Crippen LogP contribution in [0.25, 0.3) is 0 Å². The quantitative estimate of drug-likeness (QED) is 0.849. The van der Waals surface area contributed by atoms with Crippen molar-refractivity contribution in [1.29, 1.82) is 0 Å². The van der Waals surface area contributed by atoms with Crippen LogP contribution in [0.2, 0.25) is 0 Å². The van der Waals surface area contributed by atoms with Crippen LogP contribution in [0.1, 0.15) is 36.5 Å². The SMILES string of the molecule is Cc1cc(C(N)=S)ccc1CN1CCC(C)CC1. The molecule has 0 atom stereocenters. The molecule has 0 unspecified atom stereocenters. The summed E-state index contributed by atoms with van der Waals surface area (Å²) in [5, 5.41) is 0. The average molecular weight is 262 g/mol. The molecule has 3 heteroatoms. The molecule has 1 aliphatic heterocycles. The molecule has 0 amide bonds. The van der Waals surface area contributed by atoms with E-state index in [1.807, 2.05) is 6.07 Å². The van der Waals surface area contributed by atoms with Gasteiger partial charge in [0.2, 0.25) is 0 Å². The second kappa shape index (κ2) is 5.81. The Bertz CT molecular complexity index is 434. The molecule has 0 bridgehead atoms. The highest BCUT2D eigenvalue weighted by atomic mass is 32.1. The number of rotatable bonds is 3. The van der Waals surface area contributed by atoms with Gasteiger partial charge in [-0.05, 0) is 56.0 Å². The van der Waals surface area contributed by atoms with Crippen molar-refractivity contribution in [2.45, 2.75) is 33.2 Å². The number of piperidine rings is 1. The van der Waals surface area contributed by atoms with Gasteiger partial charge in [0.15, 0.2) is 0 Å². The van der Waals surface area contributed by atoms with Crippen molar-refractivity contribution in [3.05, 3.63) is 34.9 Å². The number of aryl methyl sites for hydroxylation is 1. The average Bonchev–Trinajstić information content (AvgIpc) is 2.34. The fraction of sp³-hybridized carbons (Fsp3) is 0.533. The van der Waals surface area contributed by atoms with Gasteiger partial charge in [-0.2, -0.15) is 0 Å². The van der Waals surface area contributed by atoms with Crippen LogP contribution in [-0.2, 0) is 6.54 Å². The maximum absolute atomic E-state index is 5.65. The molecule has 1 fully saturated rings. The van der Waals surface area contributed by atoms with Gasteiger partial charge in [0, 0.05) is 12.1 Å². The van der Waals surface area contributed by atoms with Gasteiger partial charge in [-0.25, -0.2) is 0 Å². The van der Waals surface area contributed by atoms with E-state index in [2.05, 4.69) is 30.9 Å². The lowest BCUT2D eigenvalue weighted by Gasteiger charge is -2.30. The molecular weight excluding hydrogens is 240 g/mol. The van der Waals surface area contributed by atoms with Crippen molar-refractivity contribution in [1.82, 2.24) is 4.90 Å². The minimum atomic E-state index is 0.483.